The maximum Gasteiger partial charge on any atom is 0.130 e. The zero-order valence-corrected chi connectivity index (χ0v) is 10.5. The summed E-state index contributed by atoms with van der Waals surface area (Å²) in [4.78, 5) is 3.95. The predicted molar refractivity (Wildman–Crippen MR) is 69.5 cm³/mol. The van der Waals surface area contributed by atoms with Gasteiger partial charge in [-0.15, -0.1) is 0 Å². The van der Waals surface area contributed by atoms with Gasteiger partial charge in [-0.1, -0.05) is 32.9 Å². The molecule has 2 aromatic rings. The first-order chi connectivity index (χ1) is 8.05. The zero-order valence-electron chi connectivity index (χ0n) is 10.5. The van der Waals surface area contributed by atoms with E-state index in [1.54, 1.807) is 12.4 Å². The molecule has 0 saturated heterocycles. The number of aromatic nitrogens is 1. The van der Waals surface area contributed by atoms with E-state index in [-0.39, 0.29) is 5.41 Å². The molecule has 0 N–H and O–H groups in total. The molecule has 0 aliphatic heterocycles. The number of hydrogen-bond acceptors (Lipinski definition) is 2. The van der Waals surface area contributed by atoms with E-state index in [4.69, 9.17) is 4.74 Å². The van der Waals surface area contributed by atoms with Gasteiger partial charge in [-0.05, 0) is 35.2 Å². The molecular formula is C15H17NO. The van der Waals surface area contributed by atoms with Gasteiger partial charge in [0.15, 0.2) is 0 Å². The first kappa shape index (κ1) is 11.6. The van der Waals surface area contributed by atoms with E-state index in [9.17, 15) is 0 Å². The molecule has 0 fully saturated rings. The summed E-state index contributed by atoms with van der Waals surface area (Å²) in [5.41, 5.74) is 1.48. The Bertz CT molecular complexity index is 469. The SMILES string of the molecule is CC(C)(C)c1ccc(Oc2ccncc2)cc1. The smallest absolute Gasteiger partial charge is 0.130 e. The van der Waals surface area contributed by atoms with Crippen LogP contribution in [0.2, 0.25) is 0 Å². The lowest BCUT2D eigenvalue weighted by molar-refractivity contribution is 0.480. The lowest BCUT2D eigenvalue weighted by atomic mass is 9.87. The number of ether oxygens (including phenoxy) is 1. The van der Waals surface area contributed by atoms with Gasteiger partial charge >= 0.3 is 0 Å². The van der Waals surface area contributed by atoms with Crippen LogP contribution in [0.25, 0.3) is 0 Å². The van der Waals surface area contributed by atoms with Crippen LogP contribution >= 0.6 is 0 Å². The molecular weight excluding hydrogens is 210 g/mol. The molecule has 2 nitrogen and oxygen atoms in total. The number of benzene rings is 1. The van der Waals surface area contributed by atoms with Crippen LogP contribution in [0, 0.1) is 0 Å². The van der Waals surface area contributed by atoms with Crippen molar-refractivity contribution in [1.82, 2.24) is 4.98 Å². The summed E-state index contributed by atoms with van der Waals surface area (Å²) in [5.74, 6) is 1.66. The highest BCUT2D eigenvalue weighted by molar-refractivity contribution is 5.34. The Balaban J connectivity index is 2.14. The average Bonchev–Trinajstić information content (AvgIpc) is 2.30. The van der Waals surface area contributed by atoms with Gasteiger partial charge in [0.05, 0.1) is 0 Å². The highest BCUT2D eigenvalue weighted by atomic mass is 16.5. The quantitative estimate of drug-likeness (QED) is 0.768. The lowest BCUT2D eigenvalue weighted by Crippen LogP contribution is -2.10. The van der Waals surface area contributed by atoms with Crippen LogP contribution in [-0.2, 0) is 5.41 Å². The fourth-order valence-corrected chi connectivity index (χ4v) is 1.57. The summed E-state index contributed by atoms with van der Waals surface area (Å²) < 4.78 is 5.71. The molecule has 2 rings (SSSR count). The molecule has 1 aromatic heterocycles. The van der Waals surface area contributed by atoms with Gasteiger partial charge in [0, 0.05) is 12.4 Å². The summed E-state index contributed by atoms with van der Waals surface area (Å²) in [6.45, 7) is 6.60. The minimum Gasteiger partial charge on any atom is -0.457 e. The molecule has 0 aliphatic carbocycles. The summed E-state index contributed by atoms with van der Waals surface area (Å²) in [6.07, 6.45) is 3.44. The van der Waals surface area contributed by atoms with E-state index in [2.05, 4.69) is 37.9 Å². The minimum atomic E-state index is 0.176. The molecule has 0 spiro atoms. The van der Waals surface area contributed by atoms with Crippen LogP contribution in [0.4, 0.5) is 0 Å². The molecule has 1 aromatic carbocycles. The number of pyridine rings is 1. The van der Waals surface area contributed by atoms with Crippen LogP contribution < -0.4 is 4.74 Å². The number of rotatable bonds is 2. The second-order valence-corrected chi connectivity index (χ2v) is 5.06. The second kappa shape index (κ2) is 4.58. The number of nitrogens with zero attached hydrogens (tertiary/aromatic N) is 1. The first-order valence-electron chi connectivity index (χ1n) is 5.74. The molecule has 88 valence electrons. The fraction of sp³-hybridized carbons (Fsp3) is 0.267. The van der Waals surface area contributed by atoms with E-state index in [0.29, 0.717) is 0 Å². The molecule has 0 saturated carbocycles. The first-order valence-corrected chi connectivity index (χ1v) is 5.74. The van der Waals surface area contributed by atoms with Gasteiger partial charge in [0.2, 0.25) is 0 Å². The summed E-state index contributed by atoms with van der Waals surface area (Å²) in [6, 6.07) is 11.9. The van der Waals surface area contributed by atoms with Crippen LogP contribution in [-0.4, -0.2) is 4.98 Å². The van der Waals surface area contributed by atoms with Crippen molar-refractivity contribution >= 4 is 0 Å². The molecule has 0 aliphatic rings. The van der Waals surface area contributed by atoms with Crippen molar-refractivity contribution in [1.29, 1.82) is 0 Å². The molecule has 0 atom stereocenters. The number of hydrogen-bond donors (Lipinski definition) is 0. The molecule has 0 bridgehead atoms. The maximum atomic E-state index is 5.71. The highest BCUT2D eigenvalue weighted by Crippen LogP contribution is 2.26. The van der Waals surface area contributed by atoms with E-state index >= 15 is 0 Å². The summed E-state index contributed by atoms with van der Waals surface area (Å²) >= 11 is 0. The Morgan fingerprint density at radius 1 is 0.824 bits per heavy atom. The summed E-state index contributed by atoms with van der Waals surface area (Å²) in [7, 11) is 0. The van der Waals surface area contributed by atoms with E-state index < -0.39 is 0 Å². The Labute approximate surface area is 102 Å². The van der Waals surface area contributed by atoms with Crippen molar-refractivity contribution in [3.8, 4) is 11.5 Å². The fourth-order valence-electron chi connectivity index (χ4n) is 1.57. The molecule has 0 radical (unpaired) electrons. The topological polar surface area (TPSA) is 22.1 Å². The van der Waals surface area contributed by atoms with Crippen molar-refractivity contribution in [2.45, 2.75) is 26.2 Å². The van der Waals surface area contributed by atoms with Crippen LogP contribution in [0.5, 0.6) is 11.5 Å². The van der Waals surface area contributed by atoms with Gasteiger partial charge in [-0.2, -0.15) is 0 Å². The van der Waals surface area contributed by atoms with Crippen molar-refractivity contribution in [3.63, 3.8) is 0 Å². The largest absolute Gasteiger partial charge is 0.457 e. The molecule has 0 amide bonds. The average molecular weight is 227 g/mol. The molecule has 1 heterocycles. The molecule has 0 unspecified atom stereocenters. The lowest BCUT2D eigenvalue weighted by Gasteiger charge is -2.19. The van der Waals surface area contributed by atoms with E-state index in [1.165, 1.54) is 5.56 Å². The Hall–Kier alpha value is -1.83. The highest BCUT2D eigenvalue weighted by Gasteiger charge is 2.12. The van der Waals surface area contributed by atoms with Gasteiger partial charge in [-0.25, -0.2) is 0 Å². The van der Waals surface area contributed by atoms with Gasteiger partial charge in [0.25, 0.3) is 0 Å². The van der Waals surface area contributed by atoms with Crippen molar-refractivity contribution < 1.29 is 4.74 Å². The molecule has 2 heteroatoms. The van der Waals surface area contributed by atoms with Crippen molar-refractivity contribution in [2.75, 3.05) is 0 Å². The van der Waals surface area contributed by atoms with Crippen LogP contribution in [0.15, 0.2) is 48.8 Å². The third kappa shape index (κ3) is 3.06. The monoisotopic (exact) mass is 227 g/mol. The second-order valence-electron chi connectivity index (χ2n) is 5.06. The van der Waals surface area contributed by atoms with Crippen LogP contribution in [0.1, 0.15) is 26.3 Å². The zero-order chi connectivity index (χ0) is 12.3. The third-order valence-electron chi connectivity index (χ3n) is 2.61. The summed E-state index contributed by atoms with van der Waals surface area (Å²) in [5, 5.41) is 0. The van der Waals surface area contributed by atoms with E-state index in [1.807, 2.05) is 24.3 Å². The molecule has 17 heavy (non-hydrogen) atoms. The van der Waals surface area contributed by atoms with Gasteiger partial charge in [-0.3, -0.25) is 4.98 Å². The third-order valence-corrected chi connectivity index (χ3v) is 2.61. The normalized spacial score (nSPS) is 11.2. The minimum absolute atomic E-state index is 0.176. The Morgan fingerprint density at radius 3 is 1.88 bits per heavy atom. The van der Waals surface area contributed by atoms with Gasteiger partial charge < -0.3 is 4.74 Å². The predicted octanol–water partition coefficient (Wildman–Crippen LogP) is 4.17. The van der Waals surface area contributed by atoms with Crippen molar-refractivity contribution in [2.24, 2.45) is 0 Å². The maximum absolute atomic E-state index is 5.71. The Morgan fingerprint density at radius 2 is 1.35 bits per heavy atom. The standard InChI is InChI=1S/C15H17NO/c1-15(2,3)12-4-6-13(7-5-12)17-14-8-10-16-11-9-14/h4-11H,1-3H3. The van der Waals surface area contributed by atoms with Gasteiger partial charge in [0.1, 0.15) is 11.5 Å². The van der Waals surface area contributed by atoms with Crippen LogP contribution in [0.3, 0.4) is 0 Å². The van der Waals surface area contributed by atoms with E-state index in [0.717, 1.165) is 11.5 Å². The Kier molecular flexibility index (Phi) is 3.14. The van der Waals surface area contributed by atoms with Crippen molar-refractivity contribution in [3.05, 3.63) is 54.4 Å².